The van der Waals surface area contributed by atoms with E-state index in [0.717, 1.165) is 29.8 Å². The predicted molar refractivity (Wildman–Crippen MR) is 63.8 cm³/mol. The fraction of sp³-hybridized carbons (Fsp3) is 0.500. The quantitative estimate of drug-likeness (QED) is 0.770. The zero-order chi connectivity index (χ0) is 10.9. The molecule has 82 valence electrons. The van der Waals surface area contributed by atoms with Gasteiger partial charge in [-0.05, 0) is 30.5 Å². The van der Waals surface area contributed by atoms with Crippen molar-refractivity contribution >= 4 is 11.6 Å². The van der Waals surface area contributed by atoms with Crippen LogP contribution in [0.15, 0.2) is 24.3 Å². The average Bonchev–Trinajstić information content (AvgIpc) is 2.23. The van der Waals surface area contributed by atoms with Gasteiger partial charge in [0.2, 0.25) is 0 Å². The lowest BCUT2D eigenvalue weighted by atomic mass is 9.74. The van der Waals surface area contributed by atoms with Gasteiger partial charge < -0.3 is 11.5 Å². The van der Waals surface area contributed by atoms with E-state index in [9.17, 15) is 0 Å². The van der Waals surface area contributed by atoms with Crippen LogP contribution in [-0.4, -0.2) is 6.04 Å². The summed E-state index contributed by atoms with van der Waals surface area (Å²) in [6.45, 7) is 0. The minimum atomic E-state index is -0.358. The second-order valence-corrected chi connectivity index (χ2v) is 4.84. The third-order valence-corrected chi connectivity index (χ3v) is 3.65. The first-order valence-electron chi connectivity index (χ1n) is 5.43. The molecule has 1 aliphatic carbocycles. The Morgan fingerprint density at radius 2 is 1.87 bits per heavy atom. The van der Waals surface area contributed by atoms with Gasteiger partial charge in [0.15, 0.2) is 0 Å². The zero-order valence-electron chi connectivity index (χ0n) is 8.75. The van der Waals surface area contributed by atoms with Gasteiger partial charge in [-0.15, -0.1) is 0 Å². The maximum absolute atomic E-state index is 6.41. The lowest BCUT2D eigenvalue weighted by molar-refractivity contribution is 0.256. The summed E-state index contributed by atoms with van der Waals surface area (Å²) in [6, 6.07) is 7.81. The van der Waals surface area contributed by atoms with Crippen molar-refractivity contribution in [3.05, 3.63) is 34.9 Å². The van der Waals surface area contributed by atoms with Crippen LogP contribution in [0, 0.1) is 0 Å². The van der Waals surface area contributed by atoms with Crippen LogP contribution in [0.3, 0.4) is 0 Å². The fourth-order valence-electron chi connectivity index (χ4n) is 2.34. The number of nitrogens with two attached hydrogens (primary N) is 2. The molecule has 0 spiro atoms. The topological polar surface area (TPSA) is 52.0 Å². The Morgan fingerprint density at radius 3 is 2.47 bits per heavy atom. The second-order valence-electron chi connectivity index (χ2n) is 4.40. The van der Waals surface area contributed by atoms with Gasteiger partial charge in [0.05, 0.1) is 5.54 Å². The van der Waals surface area contributed by atoms with Gasteiger partial charge in [0.1, 0.15) is 0 Å². The van der Waals surface area contributed by atoms with E-state index in [-0.39, 0.29) is 11.6 Å². The first kappa shape index (κ1) is 10.9. The van der Waals surface area contributed by atoms with E-state index < -0.39 is 0 Å². The number of rotatable bonds is 1. The molecule has 1 aliphatic rings. The maximum atomic E-state index is 6.41. The molecule has 1 aromatic carbocycles. The van der Waals surface area contributed by atoms with E-state index in [1.165, 1.54) is 6.42 Å². The molecule has 1 fully saturated rings. The molecule has 3 heteroatoms. The number of benzene rings is 1. The summed E-state index contributed by atoms with van der Waals surface area (Å²) < 4.78 is 0. The van der Waals surface area contributed by atoms with Crippen LogP contribution >= 0.6 is 11.6 Å². The predicted octanol–water partition coefficient (Wildman–Crippen LogP) is 2.40. The summed E-state index contributed by atoms with van der Waals surface area (Å²) in [6.07, 6.45) is 4.33. The third kappa shape index (κ3) is 2.03. The van der Waals surface area contributed by atoms with Crippen molar-refractivity contribution in [3.8, 4) is 0 Å². The maximum Gasteiger partial charge on any atom is 0.0562 e. The Balaban J connectivity index is 2.30. The van der Waals surface area contributed by atoms with Crippen LogP contribution in [0.4, 0.5) is 0 Å². The van der Waals surface area contributed by atoms with Gasteiger partial charge in [-0.3, -0.25) is 0 Å². The molecule has 1 aromatic rings. The molecule has 2 nitrogen and oxygen atoms in total. The van der Waals surface area contributed by atoms with Crippen LogP contribution in [0.5, 0.6) is 0 Å². The van der Waals surface area contributed by atoms with Crippen LogP contribution in [0.1, 0.15) is 31.2 Å². The van der Waals surface area contributed by atoms with Gasteiger partial charge in [-0.2, -0.15) is 0 Å². The van der Waals surface area contributed by atoms with Crippen molar-refractivity contribution < 1.29 is 0 Å². The smallest absolute Gasteiger partial charge is 0.0562 e. The van der Waals surface area contributed by atoms with E-state index in [1.54, 1.807) is 0 Å². The van der Waals surface area contributed by atoms with E-state index in [2.05, 4.69) is 0 Å². The molecule has 2 rings (SSSR count). The molecular weight excluding hydrogens is 208 g/mol. The average molecular weight is 225 g/mol. The van der Waals surface area contributed by atoms with E-state index in [1.807, 2.05) is 24.3 Å². The summed E-state index contributed by atoms with van der Waals surface area (Å²) in [5, 5.41) is 0.742. The summed E-state index contributed by atoms with van der Waals surface area (Å²) in [5.74, 6) is 0. The molecule has 0 radical (unpaired) electrons. The monoisotopic (exact) mass is 224 g/mol. The number of hydrogen-bond acceptors (Lipinski definition) is 2. The molecule has 0 aliphatic heterocycles. The summed E-state index contributed by atoms with van der Waals surface area (Å²) in [7, 11) is 0. The molecule has 0 heterocycles. The molecule has 0 bridgehead atoms. The molecule has 0 saturated heterocycles. The Morgan fingerprint density at radius 1 is 1.20 bits per heavy atom. The lowest BCUT2D eigenvalue weighted by Gasteiger charge is -2.39. The largest absolute Gasteiger partial charge is 0.326 e. The molecule has 15 heavy (non-hydrogen) atoms. The van der Waals surface area contributed by atoms with Crippen molar-refractivity contribution in [2.75, 3.05) is 0 Å². The van der Waals surface area contributed by atoms with Crippen LogP contribution < -0.4 is 11.5 Å². The molecule has 4 N–H and O–H groups in total. The van der Waals surface area contributed by atoms with E-state index in [4.69, 9.17) is 23.1 Å². The van der Waals surface area contributed by atoms with E-state index >= 15 is 0 Å². The van der Waals surface area contributed by atoms with E-state index in [0.29, 0.717) is 0 Å². The zero-order valence-corrected chi connectivity index (χ0v) is 9.50. The number of halogens is 1. The molecular formula is C12H17ClN2. The van der Waals surface area contributed by atoms with Crippen LogP contribution in [-0.2, 0) is 5.54 Å². The summed E-state index contributed by atoms with van der Waals surface area (Å²) in [4.78, 5) is 0. The van der Waals surface area contributed by atoms with Gasteiger partial charge in [0.25, 0.3) is 0 Å². The Bertz CT molecular complexity index is 336. The molecule has 0 aromatic heterocycles. The Labute approximate surface area is 95.6 Å². The Kier molecular flexibility index (Phi) is 3.01. The van der Waals surface area contributed by atoms with Crippen LogP contribution in [0.25, 0.3) is 0 Å². The second kappa shape index (κ2) is 4.12. The van der Waals surface area contributed by atoms with Gasteiger partial charge in [-0.25, -0.2) is 0 Å². The van der Waals surface area contributed by atoms with Gasteiger partial charge in [0, 0.05) is 11.1 Å². The minimum absolute atomic E-state index is 0.0624. The summed E-state index contributed by atoms with van der Waals surface area (Å²) in [5.41, 5.74) is 13.3. The minimum Gasteiger partial charge on any atom is -0.326 e. The Hall–Kier alpha value is -0.570. The van der Waals surface area contributed by atoms with Gasteiger partial charge >= 0.3 is 0 Å². The highest BCUT2D eigenvalue weighted by molar-refractivity contribution is 6.30. The molecule has 2 unspecified atom stereocenters. The van der Waals surface area contributed by atoms with Crippen molar-refractivity contribution in [3.63, 3.8) is 0 Å². The summed E-state index contributed by atoms with van der Waals surface area (Å²) >= 11 is 5.86. The standard InChI is InChI=1S/C12H17ClN2/c13-10-6-4-9(5-7-10)12(15)8-2-1-3-11(12)14/h4-7,11H,1-3,8,14-15H2. The van der Waals surface area contributed by atoms with Crippen molar-refractivity contribution in [1.29, 1.82) is 0 Å². The molecule has 0 amide bonds. The first-order chi connectivity index (χ1) is 7.13. The van der Waals surface area contributed by atoms with Crippen molar-refractivity contribution in [2.24, 2.45) is 11.5 Å². The molecule has 1 saturated carbocycles. The first-order valence-corrected chi connectivity index (χ1v) is 5.81. The highest BCUT2D eigenvalue weighted by atomic mass is 35.5. The molecule has 2 atom stereocenters. The SMILES string of the molecule is NC1CCCCC1(N)c1ccc(Cl)cc1. The third-order valence-electron chi connectivity index (χ3n) is 3.40. The highest BCUT2D eigenvalue weighted by Crippen LogP contribution is 2.34. The lowest BCUT2D eigenvalue weighted by Crippen LogP contribution is -2.54. The fourth-order valence-corrected chi connectivity index (χ4v) is 2.47. The highest BCUT2D eigenvalue weighted by Gasteiger charge is 2.36. The van der Waals surface area contributed by atoms with Gasteiger partial charge in [-0.1, -0.05) is 36.6 Å². The van der Waals surface area contributed by atoms with Crippen molar-refractivity contribution in [2.45, 2.75) is 37.3 Å². The van der Waals surface area contributed by atoms with Crippen molar-refractivity contribution in [1.82, 2.24) is 0 Å². The number of hydrogen-bond donors (Lipinski definition) is 2. The normalized spacial score (nSPS) is 31.5. The van der Waals surface area contributed by atoms with Crippen LogP contribution in [0.2, 0.25) is 5.02 Å².